The molecule has 0 saturated heterocycles. The number of nitrogens with zero attached hydrogens (tertiary/aromatic N) is 1. The second kappa shape index (κ2) is 7.51. The second-order valence-electron chi connectivity index (χ2n) is 2.67. The van der Waals surface area contributed by atoms with Gasteiger partial charge in [0.15, 0.2) is 0 Å². The van der Waals surface area contributed by atoms with Crippen molar-refractivity contribution in [3.05, 3.63) is 0 Å². The minimum atomic E-state index is -4.31. The van der Waals surface area contributed by atoms with E-state index in [9.17, 15) is 22.0 Å². The standard InChI is InChI=1S/C7H11ClF5NS/c8-1-2-14(5-6(9)10)3-4-15-7(11,12)13/h6H,1-5H2. The highest BCUT2D eigenvalue weighted by Gasteiger charge is 2.28. The third kappa shape index (κ3) is 10.5. The fourth-order valence-corrected chi connectivity index (χ4v) is 1.72. The Bertz CT molecular complexity index is 166. The van der Waals surface area contributed by atoms with Gasteiger partial charge in [-0.05, 0) is 11.8 Å². The van der Waals surface area contributed by atoms with Crippen LogP contribution in [0.4, 0.5) is 22.0 Å². The van der Waals surface area contributed by atoms with Gasteiger partial charge in [-0.1, -0.05) is 0 Å². The lowest BCUT2D eigenvalue weighted by atomic mass is 10.5. The van der Waals surface area contributed by atoms with Gasteiger partial charge in [-0.15, -0.1) is 11.6 Å². The molecule has 15 heavy (non-hydrogen) atoms. The molecule has 0 saturated carbocycles. The Labute approximate surface area is 93.9 Å². The largest absolute Gasteiger partial charge is 0.441 e. The summed E-state index contributed by atoms with van der Waals surface area (Å²) in [4.78, 5) is 1.22. The summed E-state index contributed by atoms with van der Waals surface area (Å²) in [6, 6.07) is 0. The zero-order chi connectivity index (χ0) is 11.9. The summed E-state index contributed by atoms with van der Waals surface area (Å²) in [5.74, 6) is -0.128. The summed E-state index contributed by atoms with van der Waals surface area (Å²) in [5.41, 5.74) is -4.31. The van der Waals surface area contributed by atoms with Crippen molar-refractivity contribution in [2.75, 3.05) is 31.3 Å². The van der Waals surface area contributed by atoms with Crippen LogP contribution in [0.3, 0.4) is 0 Å². The Morgan fingerprint density at radius 1 is 1.20 bits per heavy atom. The van der Waals surface area contributed by atoms with E-state index in [2.05, 4.69) is 0 Å². The van der Waals surface area contributed by atoms with Crippen LogP contribution in [-0.4, -0.2) is 48.1 Å². The topological polar surface area (TPSA) is 3.24 Å². The Balaban J connectivity index is 3.75. The molecular formula is C7H11ClF5NS. The number of rotatable bonds is 7. The number of hydrogen-bond donors (Lipinski definition) is 0. The fourth-order valence-electron chi connectivity index (χ4n) is 0.900. The highest BCUT2D eigenvalue weighted by Crippen LogP contribution is 2.29. The third-order valence-corrected chi connectivity index (χ3v) is 2.35. The summed E-state index contributed by atoms with van der Waals surface area (Å²) in [6.45, 7) is -0.406. The molecule has 0 rings (SSSR count). The zero-order valence-electron chi connectivity index (χ0n) is 7.74. The molecule has 0 amide bonds. The first-order valence-electron chi connectivity index (χ1n) is 4.12. The maximum Gasteiger partial charge on any atom is 0.441 e. The lowest BCUT2D eigenvalue weighted by Crippen LogP contribution is -2.33. The summed E-state index contributed by atoms with van der Waals surface area (Å²) >= 11 is 5.12. The first-order chi connectivity index (χ1) is 6.85. The predicted octanol–water partition coefficient (Wildman–Crippen LogP) is 3.05. The third-order valence-electron chi connectivity index (χ3n) is 1.47. The zero-order valence-corrected chi connectivity index (χ0v) is 9.31. The molecule has 0 fully saturated rings. The van der Waals surface area contributed by atoms with Crippen LogP contribution >= 0.6 is 23.4 Å². The number of hydrogen-bond acceptors (Lipinski definition) is 2. The van der Waals surface area contributed by atoms with Crippen molar-refractivity contribution in [1.29, 1.82) is 0 Å². The van der Waals surface area contributed by atoms with E-state index in [0.717, 1.165) is 0 Å². The maximum absolute atomic E-state index is 12.0. The summed E-state index contributed by atoms with van der Waals surface area (Å²) in [7, 11) is 0. The molecule has 0 unspecified atom stereocenters. The number of alkyl halides is 6. The van der Waals surface area contributed by atoms with Gasteiger partial charge in [0, 0.05) is 24.7 Å². The van der Waals surface area contributed by atoms with E-state index in [4.69, 9.17) is 11.6 Å². The van der Waals surface area contributed by atoms with E-state index in [1.807, 2.05) is 0 Å². The Morgan fingerprint density at radius 3 is 2.20 bits per heavy atom. The van der Waals surface area contributed by atoms with Crippen molar-refractivity contribution in [3.63, 3.8) is 0 Å². The van der Waals surface area contributed by atoms with Gasteiger partial charge in [-0.3, -0.25) is 4.90 Å². The maximum atomic E-state index is 12.0. The first-order valence-corrected chi connectivity index (χ1v) is 5.64. The van der Waals surface area contributed by atoms with E-state index in [0.29, 0.717) is 0 Å². The fraction of sp³-hybridized carbons (Fsp3) is 1.00. The van der Waals surface area contributed by atoms with Crippen LogP contribution in [0.5, 0.6) is 0 Å². The highest BCUT2D eigenvalue weighted by molar-refractivity contribution is 8.00. The van der Waals surface area contributed by atoms with Crippen LogP contribution in [-0.2, 0) is 0 Å². The lowest BCUT2D eigenvalue weighted by molar-refractivity contribution is -0.0329. The van der Waals surface area contributed by atoms with Gasteiger partial charge < -0.3 is 0 Å². The van der Waals surface area contributed by atoms with E-state index in [1.165, 1.54) is 4.90 Å². The smallest absolute Gasteiger partial charge is 0.296 e. The molecule has 0 aromatic rings. The molecule has 8 heteroatoms. The second-order valence-corrected chi connectivity index (χ2v) is 4.21. The molecule has 0 N–H and O–H groups in total. The molecule has 0 aliphatic rings. The van der Waals surface area contributed by atoms with E-state index in [-0.39, 0.29) is 36.5 Å². The van der Waals surface area contributed by atoms with E-state index in [1.54, 1.807) is 0 Å². The molecule has 92 valence electrons. The quantitative estimate of drug-likeness (QED) is 0.517. The molecule has 0 aliphatic heterocycles. The van der Waals surface area contributed by atoms with Crippen LogP contribution in [0.25, 0.3) is 0 Å². The van der Waals surface area contributed by atoms with Crippen LogP contribution in [0, 0.1) is 0 Å². The average Bonchev–Trinajstić information content (AvgIpc) is 2.00. The first kappa shape index (κ1) is 15.2. The van der Waals surface area contributed by atoms with Crippen molar-refractivity contribution in [2.45, 2.75) is 11.9 Å². The summed E-state index contributed by atoms with van der Waals surface area (Å²) < 4.78 is 59.1. The van der Waals surface area contributed by atoms with Crippen LogP contribution in [0.15, 0.2) is 0 Å². The minimum Gasteiger partial charge on any atom is -0.296 e. The van der Waals surface area contributed by atoms with Gasteiger partial charge in [-0.25, -0.2) is 8.78 Å². The van der Waals surface area contributed by atoms with Crippen molar-refractivity contribution in [2.24, 2.45) is 0 Å². The Kier molecular flexibility index (Phi) is 7.64. The molecule has 0 bridgehead atoms. The summed E-state index contributed by atoms with van der Waals surface area (Å²) in [6.07, 6.45) is -2.55. The summed E-state index contributed by atoms with van der Waals surface area (Å²) in [5, 5.41) is 0. The molecule has 0 aromatic heterocycles. The van der Waals surface area contributed by atoms with Crippen molar-refractivity contribution in [1.82, 2.24) is 4.90 Å². The van der Waals surface area contributed by atoms with Gasteiger partial charge >= 0.3 is 5.51 Å². The molecule has 0 spiro atoms. The molecule has 0 heterocycles. The monoisotopic (exact) mass is 271 g/mol. The molecule has 1 nitrogen and oxygen atoms in total. The van der Waals surface area contributed by atoms with Crippen LogP contribution < -0.4 is 0 Å². The molecule has 0 radical (unpaired) electrons. The highest BCUT2D eigenvalue weighted by atomic mass is 35.5. The Hall–Kier alpha value is 0.250. The van der Waals surface area contributed by atoms with E-state index < -0.39 is 18.5 Å². The minimum absolute atomic E-state index is 0.0404. The van der Waals surface area contributed by atoms with Crippen molar-refractivity contribution >= 4 is 23.4 Å². The SMILES string of the molecule is FC(F)CN(CCCl)CCSC(F)(F)F. The molecule has 0 aromatic carbocycles. The van der Waals surface area contributed by atoms with Gasteiger partial charge in [0.05, 0.1) is 6.54 Å². The Morgan fingerprint density at radius 2 is 1.80 bits per heavy atom. The average molecular weight is 272 g/mol. The van der Waals surface area contributed by atoms with Gasteiger partial charge in [0.2, 0.25) is 0 Å². The molecule has 0 atom stereocenters. The number of halogens is 6. The normalized spacial score (nSPS) is 12.8. The van der Waals surface area contributed by atoms with Crippen molar-refractivity contribution in [3.8, 4) is 0 Å². The lowest BCUT2D eigenvalue weighted by Gasteiger charge is -2.20. The molecular weight excluding hydrogens is 261 g/mol. The van der Waals surface area contributed by atoms with E-state index >= 15 is 0 Å². The van der Waals surface area contributed by atoms with Crippen LogP contribution in [0.1, 0.15) is 0 Å². The van der Waals surface area contributed by atoms with Crippen LogP contribution in [0.2, 0.25) is 0 Å². The predicted molar refractivity (Wildman–Crippen MR) is 51.7 cm³/mol. The number of thioether (sulfide) groups is 1. The van der Waals surface area contributed by atoms with Gasteiger partial charge in [-0.2, -0.15) is 13.2 Å². The van der Waals surface area contributed by atoms with Gasteiger partial charge in [0.25, 0.3) is 6.43 Å². The molecule has 0 aliphatic carbocycles. The van der Waals surface area contributed by atoms with Gasteiger partial charge in [0.1, 0.15) is 0 Å². The van der Waals surface area contributed by atoms with Crippen molar-refractivity contribution < 1.29 is 22.0 Å².